The predicted octanol–water partition coefficient (Wildman–Crippen LogP) is 4.50. The molecular weight excluding hydrogens is 410 g/mol. The van der Waals surface area contributed by atoms with Gasteiger partial charge in [-0.05, 0) is 62.3 Å². The Morgan fingerprint density at radius 2 is 1.81 bits per heavy atom. The van der Waals surface area contributed by atoms with E-state index >= 15 is 0 Å². The fraction of sp³-hybridized carbons (Fsp3) is 0.200. The van der Waals surface area contributed by atoms with Crippen molar-refractivity contribution in [2.75, 3.05) is 5.32 Å². The van der Waals surface area contributed by atoms with Gasteiger partial charge in [-0.15, -0.1) is 0 Å². The first-order valence-corrected chi connectivity index (χ1v) is 9.47. The minimum absolute atomic E-state index is 0.148. The Balaban J connectivity index is 1.95. The van der Waals surface area contributed by atoms with Crippen LogP contribution >= 0.6 is 28.1 Å². The van der Waals surface area contributed by atoms with E-state index in [2.05, 4.69) is 37.9 Å². The molecule has 1 aliphatic heterocycles. The molecular formula is C20H20BrN3OS. The Labute approximate surface area is 167 Å². The predicted molar refractivity (Wildman–Crippen MR) is 113 cm³/mol. The Hall–Kier alpha value is -2.18. The van der Waals surface area contributed by atoms with Gasteiger partial charge >= 0.3 is 0 Å². The number of allylic oxidation sites excluding steroid dienone is 1. The van der Waals surface area contributed by atoms with Crippen molar-refractivity contribution < 1.29 is 4.79 Å². The lowest BCUT2D eigenvalue weighted by Crippen LogP contribution is -2.45. The lowest BCUT2D eigenvalue weighted by Gasteiger charge is -2.30. The Kier molecular flexibility index (Phi) is 5.44. The van der Waals surface area contributed by atoms with Crippen LogP contribution in [-0.4, -0.2) is 11.0 Å². The monoisotopic (exact) mass is 429 g/mol. The third kappa shape index (κ3) is 3.97. The van der Waals surface area contributed by atoms with Gasteiger partial charge in [0.15, 0.2) is 5.11 Å². The van der Waals surface area contributed by atoms with Crippen molar-refractivity contribution >= 4 is 44.9 Å². The number of anilines is 1. The molecule has 4 nitrogen and oxygen atoms in total. The molecule has 0 saturated heterocycles. The molecule has 1 unspecified atom stereocenters. The second-order valence-corrected chi connectivity index (χ2v) is 7.72. The van der Waals surface area contributed by atoms with E-state index in [9.17, 15) is 4.79 Å². The lowest BCUT2D eigenvalue weighted by molar-refractivity contribution is -0.113. The van der Waals surface area contributed by atoms with Crippen molar-refractivity contribution in [1.82, 2.24) is 10.6 Å². The first-order valence-electron chi connectivity index (χ1n) is 8.27. The minimum Gasteiger partial charge on any atom is -0.351 e. The van der Waals surface area contributed by atoms with Gasteiger partial charge in [0, 0.05) is 15.9 Å². The SMILES string of the molecule is CC1=C(C(=O)Nc2ccc(C)cc2C)C(c2ccc(Br)cc2)NC(=S)N1. The first kappa shape index (κ1) is 18.6. The Morgan fingerprint density at radius 3 is 2.46 bits per heavy atom. The average molecular weight is 430 g/mol. The summed E-state index contributed by atoms with van der Waals surface area (Å²) in [4.78, 5) is 13.1. The summed E-state index contributed by atoms with van der Waals surface area (Å²) in [6.45, 7) is 5.89. The summed E-state index contributed by atoms with van der Waals surface area (Å²) in [5.74, 6) is -0.148. The maximum absolute atomic E-state index is 13.1. The molecule has 0 bridgehead atoms. The quantitative estimate of drug-likeness (QED) is 0.628. The summed E-state index contributed by atoms with van der Waals surface area (Å²) >= 11 is 8.74. The molecule has 2 aromatic carbocycles. The minimum atomic E-state index is -0.303. The maximum atomic E-state index is 13.1. The van der Waals surface area contributed by atoms with Gasteiger partial charge in [-0.2, -0.15) is 0 Å². The summed E-state index contributed by atoms with van der Waals surface area (Å²) in [7, 11) is 0. The van der Waals surface area contributed by atoms with E-state index < -0.39 is 0 Å². The van der Waals surface area contributed by atoms with Crippen LogP contribution in [0.3, 0.4) is 0 Å². The van der Waals surface area contributed by atoms with Gasteiger partial charge in [0.25, 0.3) is 5.91 Å². The molecule has 1 heterocycles. The summed E-state index contributed by atoms with van der Waals surface area (Å²) in [6, 6.07) is 13.5. The third-order valence-corrected chi connectivity index (χ3v) is 5.10. The van der Waals surface area contributed by atoms with E-state index in [-0.39, 0.29) is 11.9 Å². The zero-order chi connectivity index (χ0) is 18.8. The zero-order valence-corrected chi connectivity index (χ0v) is 17.2. The van der Waals surface area contributed by atoms with Gasteiger partial charge in [0.2, 0.25) is 0 Å². The van der Waals surface area contributed by atoms with E-state index in [0.29, 0.717) is 10.7 Å². The summed E-state index contributed by atoms with van der Waals surface area (Å²) in [6.07, 6.45) is 0. The van der Waals surface area contributed by atoms with Crippen LogP contribution in [0.4, 0.5) is 5.69 Å². The van der Waals surface area contributed by atoms with Crippen LogP contribution in [0.5, 0.6) is 0 Å². The van der Waals surface area contributed by atoms with Crippen LogP contribution in [0.2, 0.25) is 0 Å². The molecule has 0 aromatic heterocycles. The van der Waals surface area contributed by atoms with E-state index in [4.69, 9.17) is 12.2 Å². The van der Waals surface area contributed by atoms with Crippen LogP contribution < -0.4 is 16.0 Å². The molecule has 0 fully saturated rings. The lowest BCUT2D eigenvalue weighted by atomic mass is 9.95. The largest absolute Gasteiger partial charge is 0.351 e. The molecule has 3 N–H and O–H groups in total. The summed E-state index contributed by atoms with van der Waals surface area (Å²) < 4.78 is 0.986. The van der Waals surface area contributed by atoms with Gasteiger partial charge in [-0.25, -0.2) is 0 Å². The number of aryl methyl sites for hydroxylation is 2. The van der Waals surface area contributed by atoms with Crippen LogP contribution in [0, 0.1) is 13.8 Å². The highest BCUT2D eigenvalue weighted by Crippen LogP contribution is 2.29. The first-order chi connectivity index (χ1) is 12.3. The second-order valence-electron chi connectivity index (χ2n) is 6.39. The van der Waals surface area contributed by atoms with Crippen molar-refractivity contribution in [3.05, 3.63) is 74.9 Å². The van der Waals surface area contributed by atoms with E-state index in [0.717, 1.165) is 32.5 Å². The van der Waals surface area contributed by atoms with Gasteiger partial charge in [0.05, 0.1) is 11.6 Å². The number of hydrogen-bond donors (Lipinski definition) is 3. The van der Waals surface area contributed by atoms with Crippen molar-refractivity contribution in [3.8, 4) is 0 Å². The number of halogens is 1. The highest BCUT2D eigenvalue weighted by molar-refractivity contribution is 9.10. The van der Waals surface area contributed by atoms with Gasteiger partial charge in [-0.1, -0.05) is 45.8 Å². The molecule has 1 aliphatic rings. The van der Waals surface area contributed by atoms with Gasteiger partial charge in [-0.3, -0.25) is 4.79 Å². The number of rotatable bonds is 3. The fourth-order valence-corrected chi connectivity index (χ4v) is 3.58. The van der Waals surface area contributed by atoms with E-state index in [1.807, 2.05) is 57.2 Å². The fourth-order valence-electron chi connectivity index (χ4n) is 3.04. The number of hydrogen-bond acceptors (Lipinski definition) is 2. The summed E-state index contributed by atoms with van der Waals surface area (Å²) in [5, 5.41) is 9.82. The summed E-state index contributed by atoms with van der Waals surface area (Å²) in [5.41, 5.74) is 5.36. The zero-order valence-electron chi connectivity index (χ0n) is 14.8. The maximum Gasteiger partial charge on any atom is 0.255 e. The number of nitrogens with one attached hydrogen (secondary N) is 3. The smallest absolute Gasteiger partial charge is 0.255 e. The molecule has 3 rings (SSSR count). The number of amides is 1. The van der Waals surface area contributed by atoms with Crippen LogP contribution in [0.15, 0.2) is 58.2 Å². The number of thiocarbonyl (C=S) groups is 1. The highest BCUT2D eigenvalue weighted by atomic mass is 79.9. The van der Waals surface area contributed by atoms with Crippen LogP contribution in [-0.2, 0) is 4.79 Å². The van der Waals surface area contributed by atoms with Crippen LogP contribution in [0.1, 0.15) is 29.7 Å². The highest BCUT2D eigenvalue weighted by Gasteiger charge is 2.30. The second kappa shape index (κ2) is 7.60. The standard InChI is InChI=1S/C20H20BrN3OS/c1-11-4-9-16(12(2)10-11)23-19(25)17-13(3)22-20(26)24-18(17)14-5-7-15(21)8-6-14/h4-10,18H,1-3H3,(H,23,25)(H2,22,24,26). The topological polar surface area (TPSA) is 53.2 Å². The van der Waals surface area contributed by atoms with E-state index in [1.54, 1.807) is 0 Å². The molecule has 0 spiro atoms. The van der Waals surface area contributed by atoms with Crippen molar-refractivity contribution in [1.29, 1.82) is 0 Å². The molecule has 6 heteroatoms. The van der Waals surface area contributed by atoms with Crippen molar-refractivity contribution in [3.63, 3.8) is 0 Å². The molecule has 1 amide bonds. The van der Waals surface area contributed by atoms with Crippen molar-refractivity contribution in [2.45, 2.75) is 26.8 Å². The number of carbonyl (C=O) groups is 1. The van der Waals surface area contributed by atoms with Crippen LogP contribution in [0.25, 0.3) is 0 Å². The van der Waals surface area contributed by atoms with Crippen molar-refractivity contribution in [2.24, 2.45) is 0 Å². The Bertz CT molecular complexity index is 906. The third-order valence-electron chi connectivity index (χ3n) is 4.35. The molecule has 134 valence electrons. The average Bonchev–Trinajstić information content (AvgIpc) is 2.57. The molecule has 26 heavy (non-hydrogen) atoms. The van der Waals surface area contributed by atoms with Gasteiger partial charge in [0.1, 0.15) is 0 Å². The molecule has 0 radical (unpaired) electrons. The number of carbonyl (C=O) groups excluding carboxylic acids is 1. The molecule has 2 aromatic rings. The van der Waals surface area contributed by atoms with Gasteiger partial charge < -0.3 is 16.0 Å². The molecule has 0 aliphatic carbocycles. The normalized spacial score (nSPS) is 16.8. The van der Waals surface area contributed by atoms with E-state index in [1.165, 1.54) is 0 Å². The number of benzene rings is 2. The molecule has 0 saturated carbocycles. The Morgan fingerprint density at radius 1 is 1.12 bits per heavy atom. The molecule has 1 atom stereocenters.